The molecule has 28 heavy (non-hydrogen) atoms. The number of rotatable bonds is 8. The summed E-state index contributed by atoms with van der Waals surface area (Å²) in [6.07, 6.45) is -0.570. The summed E-state index contributed by atoms with van der Waals surface area (Å²) in [6.45, 7) is 5.16. The molecule has 0 bridgehead atoms. The van der Waals surface area contributed by atoms with Crippen LogP contribution in [0.25, 0.3) is 0 Å². The lowest BCUT2D eigenvalue weighted by Gasteiger charge is -2.12. The van der Waals surface area contributed by atoms with Gasteiger partial charge < -0.3 is 15.4 Å². The number of nitrogens with zero attached hydrogens (tertiary/aromatic N) is 3. The Morgan fingerprint density at radius 2 is 1.93 bits per heavy atom. The second-order valence-electron chi connectivity index (χ2n) is 5.95. The summed E-state index contributed by atoms with van der Waals surface area (Å²) in [5.41, 5.74) is 1.98. The van der Waals surface area contributed by atoms with Crippen LogP contribution >= 0.6 is 24.0 Å². The molecule has 1 aromatic carbocycles. The van der Waals surface area contributed by atoms with Gasteiger partial charge in [-0.15, -0.1) is 24.0 Å². The first-order valence-electron chi connectivity index (χ1n) is 8.65. The van der Waals surface area contributed by atoms with Crippen LogP contribution in [0.4, 0.5) is 13.2 Å². The minimum atomic E-state index is -4.34. The molecule has 0 aliphatic rings. The first-order chi connectivity index (χ1) is 12.9. The van der Waals surface area contributed by atoms with Crippen LogP contribution < -0.4 is 15.4 Å². The second kappa shape index (κ2) is 11.8. The van der Waals surface area contributed by atoms with Crippen molar-refractivity contribution in [3.63, 3.8) is 0 Å². The summed E-state index contributed by atoms with van der Waals surface area (Å²) in [5.74, 6) is 0.846. The maximum Gasteiger partial charge on any atom is 0.422 e. The molecule has 0 fully saturated rings. The van der Waals surface area contributed by atoms with Crippen LogP contribution in [0.5, 0.6) is 5.75 Å². The molecule has 1 heterocycles. The highest BCUT2D eigenvalue weighted by molar-refractivity contribution is 14.0. The molecule has 0 spiro atoms. The highest BCUT2D eigenvalue weighted by Crippen LogP contribution is 2.19. The summed E-state index contributed by atoms with van der Waals surface area (Å²) in [7, 11) is 0. The van der Waals surface area contributed by atoms with E-state index in [2.05, 4.69) is 20.7 Å². The molecule has 6 nitrogen and oxygen atoms in total. The van der Waals surface area contributed by atoms with Gasteiger partial charge in [0.25, 0.3) is 0 Å². The van der Waals surface area contributed by atoms with Gasteiger partial charge in [-0.1, -0.05) is 12.1 Å². The van der Waals surface area contributed by atoms with Crippen LogP contribution in [-0.2, 0) is 13.1 Å². The molecule has 2 N–H and O–H groups in total. The van der Waals surface area contributed by atoms with Crippen molar-refractivity contribution in [2.45, 2.75) is 33.1 Å². The fourth-order valence-electron chi connectivity index (χ4n) is 2.25. The minimum absolute atomic E-state index is 0. The summed E-state index contributed by atoms with van der Waals surface area (Å²) >= 11 is 0. The normalized spacial score (nSPS) is 11.7. The average molecular weight is 511 g/mol. The van der Waals surface area contributed by atoms with Gasteiger partial charge in [0.05, 0.1) is 19.3 Å². The number of alkyl halides is 3. The van der Waals surface area contributed by atoms with Gasteiger partial charge in [-0.2, -0.15) is 18.3 Å². The maximum absolute atomic E-state index is 12.2. The van der Waals surface area contributed by atoms with E-state index in [0.29, 0.717) is 25.6 Å². The number of benzene rings is 1. The zero-order valence-corrected chi connectivity index (χ0v) is 18.1. The third kappa shape index (κ3) is 9.29. The number of guanidine groups is 1. The number of nitrogens with one attached hydrogen (secondary N) is 2. The van der Waals surface area contributed by atoms with Crippen LogP contribution in [0.1, 0.15) is 18.1 Å². The Balaban J connectivity index is 0.00000392. The Kier molecular flexibility index (Phi) is 10.1. The monoisotopic (exact) mass is 511 g/mol. The summed E-state index contributed by atoms with van der Waals surface area (Å²) < 4.78 is 43.0. The Morgan fingerprint density at radius 3 is 2.50 bits per heavy atom. The lowest BCUT2D eigenvalue weighted by atomic mass is 10.2. The van der Waals surface area contributed by atoms with E-state index >= 15 is 0 Å². The van der Waals surface area contributed by atoms with Gasteiger partial charge in [-0.3, -0.25) is 4.68 Å². The van der Waals surface area contributed by atoms with Gasteiger partial charge in [-0.05, 0) is 37.1 Å². The van der Waals surface area contributed by atoms with Crippen LogP contribution in [0.15, 0.2) is 41.7 Å². The molecule has 2 rings (SSSR count). The molecule has 0 amide bonds. The number of aliphatic imine (C=N–C) groups is 1. The predicted octanol–water partition coefficient (Wildman–Crippen LogP) is 3.51. The van der Waals surface area contributed by atoms with E-state index in [1.807, 2.05) is 24.7 Å². The molecule has 0 unspecified atom stereocenters. The molecule has 0 aliphatic carbocycles. The molecule has 10 heteroatoms. The molecule has 2 aromatic rings. The van der Waals surface area contributed by atoms with Gasteiger partial charge in [0.15, 0.2) is 12.6 Å². The van der Waals surface area contributed by atoms with Crippen LogP contribution in [0.2, 0.25) is 0 Å². The van der Waals surface area contributed by atoms with E-state index < -0.39 is 12.8 Å². The van der Waals surface area contributed by atoms with Crippen molar-refractivity contribution in [3.05, 3.63) is 47.8 Å². The molecule has 0 saturated carbocycles. The van der Waals surface area contributed by atoms with Gasteiger partial charge in [0.2, 0.25) is 0 Å². The van der Waals surface area contributed by atoms with E-state index in [-0.39, 0.29) is 29.7 Å². The molecule has 156 valence electrons. The zero-order chi connectivity index (χ0) is 19.7. The first-order valence-corrected chi connectivity index (χ1v) is 8.65. The van der Waals surface area contributed by atoms with Gasteiger partial charge in [0.1, 0.15) is 5.75 Å². The number of aromatic nitrogens is 2. The Hall–Kier alpha value is -1.98. The fourth-order valence-corrected chi connectivity index (χ4v) is 2.25. The van der Waals surface area contributed by atoms with E-state index in [9.17, 15) is 13.2 Å². The standard InChI is InChI=1S/C18H24F3N5O.HI/c1-3-22-17(23-8-9-26-12-14(2)10-25-26)24-11-15-4-6-16(7-5-15)27-13-18(19,20)21;/h4-7,10,12H,3,8-9,11,13H2,1-2H3,(H2,22,23,24);1H. The van der Waals surface area contributed by atoms with Crippen LogP contribution in [0, 0.1) is 6.92 Å². The molecule has 0 atom stereocenters. The molecular weight excluding hydrogens is 486 g/mol. The zero-order valence-electron chi connectivity index (χ0n) is 15.8. The van der Waals surface area contributed by atoms with Crippen molar-refractivity contribution in [1.29, 1.82) is 0 Å². The van der Waals surface area contributed by atoms with Crippen molar-refractivity contribution >= 4 is 29.9 Å². The van der Waals surface area contributed by atoms with Crippen molar-refractivity contribution in [2.24, 2.45) is 4.99 Å². The van der Waals surface area contributed by atoms with E-state index in [1.54, 1.807) is 18.3 Å². The van der Waals surface area contributed by atoms with E-state index in [0.717, 1.165) is 17.7 Å². The smallest absolute Gasteiger partial charge is 0.422 e. The SMILES string of the molecule is CCNC(=NCc1ccc(OCC(F)(F)F)cc1)NCCn1cc(C)cn1.I. The number of hydrogen-bond donors (Lipinski definition) is 2. The van der Waals surface area contributed by atoms with Gasteiger partial charge >= 0.3 is 6.18 Å². The topological polar surface area (TPSA) is 63.5 Å². The molecule has 0 radical (unpaired) electrons. The number of aryl methyl sites for hydroxylation is 1. The minimum Gasteiger partial charge on any atom is -0.484 e. The molecule has 1 aromatic heterocycles. The lowest BCUT2D eigenvalue weighted by Crippen LogP contribution is -2.38. The largest absolute Gasteiger partial charge is 0.484 e. The van der Waals surface area contributed by atoms with Crippen molar-refractivity contribution in [3.8, 4) is 5.75 Å². The molecule has 0 saturated heterocycles. The lowest BCUT2D eigenvalue weighted by molar-refractivity contribution is -0.153. The fraction of sp³-hybridized carbons (Fsp3) is 0.444. The van der Waals surface area contributed by atoms with E-state index in [1.165, 1.54) is 12.1 Å². The summed E-state index contributed by atoms with van der Waals surface area (Å²) in [5, 5.41) is 10.6. The maximum atomic E-state index is 12.2. The van der Waals surface area contributed by atoms with Crippen molar-refractivity contribution in [2.75, 3.05) is 19.7 Å². The van der Waals surface area contributed by atoms with E-state index in [4.69, 9.17) is 4.74 Å². The third-order valence-corrected chi connectivity index (χ3v) is 3.49. The highest BCUT2D eigenvalue weighted by Gasteiger charge is 2.28. The third-order valence-electron chi connectivity index (χ3n) is 3.49. The summed E-state index contributed by atoms with van der Waals surface area (Å²) in [6, 6.07) is 6.42. The van der Waals surface area contributed by atoms with Crippen molar-refractivity contribution < 1.29 is 17.9 Å². The Labute approximate surface area is 179 Å². The van der Waals surface area contributed by atoms with Crippen molar-refractivity contribution in [1.82, 2.24) is 20.4 Å². The number of hydrogen-bond acceptors (Lipinski definition) is 3. The van der Waals surface area contributed by atoms with Gasteiger partial charge in [0, 0.05) is 19.3 Å². The summed E-state index contributed by atoms with van der Waals surface area (Å²) in [4.78, 5) is 4.48. The first kappa shape index (κ1) is 24.1. The highest BCUT2D eigenvalue weighted by atomic mass is 127. The average Bonchev–Trinajstić information content (AvgIpc) is 3.03. The van der Waals surface area contributed by atoms with Gasteiger partial charge in [-0.25, -0.2) is 4.99 Å². The van der Waals surface area contributed by atoms with Crippen LogP contribution in [-0.4, -0.2) is 41.6 Å². The number of ether oxygens (including phenoxy) is 1. The number of halogens is 4. The Morgan fingerprint density at radius 1 is 1.21 bits per heavy atom. The second-order valence-corrected chi connectivity index (χ2v) is 5.95. The Bertz CT molecular complexity index is 732. The van der Waals surface area contributed by atoms with Crippen LogP contribution in [0.3, 0.4) is 0 Å². The molecular formula is C18H25F3IN5O. The predicted molar refractivity (Wildman–Crippen MR) is 113 cm³/mol. The molecule has 0 aliphatic heterocycles. The quantitative estimate of drug-likeness (QED) is 0.324.